The Balaban J connectivity index is 1.69. The molecule has 0 unspecified atom stereocenters. The van der Waals surface area contributed by atoms with Crippen LogP contribution in [0.25, 0.3) is 0 Å². The minimum atomic E-state index is -3.59. The predicted molar refractivity (Wildman–Crippen MR) is 93.2 cm³/mol. The third kappa shape index (κ3) is 4.21. The number of phenols is 1. The zero-order valence-electron chi connectivity index (χ0n) is 14.0. The van der Waals surface area contributed by atoms with E-state index in [2.05, 4.69) is 0 Å². The summed E-state index contributed by atoms with van der Waals surface area (Å²) in [4.78, 5) is 12.2. The molecule has 0 aliphatic carbocycles. The van der Waals surface area contributed by atoms with Crippen LogP contribution in [0.3, 0.4) is 0 Å². The van der Waals surface area contributed by atoms with E-state index >= 15 is 0 Å². The largest absolute Gasteiger partial charge is 0.508 e. The molecule has 1 fully saturated rings. The van der Waals surface area contributed by atoms with E-state index in [0.29, 0.717) is 37.4 Å². The van der Waals surface area contributed by atoms with E-state index in [1.165, 1.54) is 40.7 Å². The van der Waals surface area contributed by atoms with Crippen LogP contribution in [-0.4, -0.2) is 50.1 Å². The van der Waals surface area contributed by atoms with E-state index in [0.717, 1.165) is 0 Å². The summed E-state index contributed by atoms with van der Waals surface area (Å²) < 4.78 is 37.1. The average molecular weight is 377 g/mol. The fraction of sp³-hybridized carbons (Fsp3) is 0.278. The summed E-state index contributed by atoms with van der Waals surface area (Å²) in [7, 11) is -3.59. The van der Waals surface area contributed by atoms with Crippen molar-refractivity contribution >= 4 is 16.0 Å². The molecule has 8 heteroatoms. The first-order valence-electron chi connectivity index (χ1n) is 8.10. The van der Waals surface area contributed by atoms with Crippen LogP contribution in [0.5, 0.6) is 5.75 Å². The SMILES string of the molecule is O=C(OCc1cccc(S(=O)(=O)N2CCOCC2)c1)c1ccc(O)cc1. The second-order valence-electron chi connectivity index (χ2n) is 5.79. The van der Waals surface area contributed by atoms with Crippen LogP contribution in [0.1, 0.15) is 15.9 Å². The lowest BCUT2D eigenvalue weighted by Crippen LogP contribution is -2.40. The van der Waals surface area contributed by atoms with Gasteiger partial charge in [-0.1, -0.05) is 12.1 Å². The molecule has 1 heterocycles. The van der Waals surface area contributed by atoms with Gasteiger partial charge in [-0.2, -0.15) is 4.31 Å². The molecular weight excluding hydrogens is 358 g/mol. The Kier molecular flexibility index (Phi) is 5.55. The minimum absolute atomic E-state index is 0.0494. The fourth-order valence-electron chi connectivity index (χ4n) is 2.56. The van der Waals surface area contributed by atoms with E-state index in [4.69, 9.17) is 9.47 Å². The Morgan fingerprint density at radius 2 is 1.81 bits per heavy atom. The predicted octanol–water partition coefficient (Wildman–Crippen LogP) is 1.77. The second-order valence-corrected chi connectivity index (χ2v) is 7.72. The number of benzene rings is 2. The number of morpholine rings is 1. The van der Waals surface area contributed by atoms with Gasteiger partial charge >= 0.3 is 5.97 Å². The highest BCUT2D eigenvalue weighted by molar-refractivity contribution is 7.89. The summed E-state index contributed by atoms with van der Waals surface area (Å²) in [5, 5.41) is 9.24. The lowest BCUT2D eigenvalue weighted by atomic mass is 10.2. The standard InChI is InChI=1S/C18H19NO6S/c20-16-6-4-15(5-7-16)18(21)25-13-14-2-1-3-17(12-14)26(22,23)19-8-10-24-11-9-19/h1-7,12,20H,8-11,13H2. The molecule has 0 amide bonds. The highest BCUT2D eigenvalue weighted by atomic mass is 32.2. The fourth-order valence-corrected chi connectivity index (χ4v) is 4.04. The average Bonchev–Trinajstić information content (AvgIpc) is 2.67. The summed E-state index contributed by atoms with van der Waals surface area (Å²) in [6.45, 7) is 1.35. The Bertz CT molecular complexity index is 873. The summed E-state index contributed by atoms with van der Waals surface area (Å²) in [6.07, 6.45) is 0. The minimum Gasteiger partial charge on any atom is -0.508 e. The van der Waals surface area contributed by atoms with Crippen LogP contribution in [0.15, 0.2) is 53.4 Å². The van der Waals surface area contributed by atoms with Crippen LogP contribution in [0.4, 0.5) is 0 Å². The van der Waals surface area contributed by atoms with Gasteiger partial charge in [-0.15, -0.1) is 0 Å². The zero-order valence-corrected chi connectivity index (χ0v) is 14.8. The van der Waals surface area contributed by atoms with Crippen LogP contribution in [0.2, 0.25) is 0 Å². The smallest absolute Gasteiger partial charge is 0.338 e. The lowest BCUT2D eigenvalue weighted by molar-refractivity contribution is 0.0472. The molecule has 2 aromatic carbocycles. The molecule has 1 aliphatic rings. The molecule has 138 valence electrons. The highest BCUT2D eigenvalue weighted by Crippen LogP contribution is 2.19. The number of carbonyl (C=O) groups is 1. The van der Waals surface area contributed by atoms with E-state index < -0.39 is 16.0 Å². The Hall–Kier alpha value is -2.42. The molecular formula is C18H19NO6S. The van der Waals surface area contributed by atoms with E-state index in [1.54, 1.807) is 12.1 Å². The number of sulfonamides is 1. The first-order valence-corrected chi connectivity index (χ1v) is 9.54. The van der Waals surface area contributed by atoms with Gasteiger partial charge in [0.2, 0.25) is 10.0 Å². The number of nitrogens with zero attached hydrogens (tertiary/aromatic N) is 1. The van der Waals surface area contributed by atoms with Crippen molar-refractivity contribution < 1.29 is 27.8 Å². The van der Waals surface area contributed by atoms with Crippen molar-refractivity contribution in [2.45, 2.75) is 11.5 Å². The maximum absolute atomic E-state index is 12.7. The summed E-state index contributed by atoms with van der Waals surface area (Å²) in [5.41, 5.74) is 0.881. The molecule has 26 heavy (non-hydrogen) atoms. The molecule has 3 rings (SSSR count). The summed E-state index contributed by atoms with van der Waals surface area (Å²) >= 11 is 0. The van der Waals surface area contributed by atoms with Crippen molar-refractivity contribution in [3.8, 4) is 5.75 Å². The molecule has 0 radical (unpaired) electrons. The van der Waals surface area contributed by atoms with E-state index in [1.807, 2.05) is 0 Å². The quantitative estimate of drug-likeness (QED) is 0.799. The Labute approximate surface area is 151 Å². The number of hydrogen-bond donors (Lipinski definition) is 1. The molecule has 1 aliphatic heterocycles. The first kappa shape index (κ1) is 18.4. The van der Waals surface area contributed by atoms with Crippen molar-refractivity contribution in [2.24, 2.45) is 0 Å². The number of phenolic OH excluding ortho intramolecular Hbond substituents is 1. The Morgan fingerprint density at radius 1 is 1.12 bits per heavy atom. The molecule has 0 saturated carbocycles. The third-order valence-electron chi connectivity index (χ3n) is 3.98. The van der Waals surface area contributed by atoms with Gasteiger partial charge in [-0.25, -0.2) is 13.2 Å². The van der Waals surface area contributed by atoms with Crippen molar-refractivity contribution in [1.82, 2.24) is 4.31 Å². The van der Waals surface area contributed by atoms with Gasteiger partial charge in [-0.05, 0) is 42.0 Å². The number of carbonyl (C=O) groups excluding carboxylic acids is 1. The molecule has 0 atom stereocenters. The van der Waals surface area contributed by atoms with E-state index in [9.17, 15) is 18.3 Å². The van der Waals surface area contributed by atoms with E-state index in [-0.39, 0.29) is 17.3 Å². The molecule has 0 spiro atoms. The van der Waals surface area contributed by atoms with Crippen molar-refractivity contribution in [3.63, 3.8) is 0 Å². The normalized spacial score (nSPS) is 15.5. The van der Waals surface area contributed by atoms with Crippen LogP contribution < -0.4 is 0 Å². The maximum Gasteiger partial charge on any atom is 0.338 e. The number of esters is 1. The first-order chi connectivity index (χ1) is 12.5. The Morgan fingerprint density at radius 3 is 2.50 bits per heavy atom. The van der Waals surface area contributed by atoms with Crippen molar-refractivity contribution in [2.75, 3.05) is 26.3 Å². The van der Waals surface area contributed by atoms with Gasteiger partial charge < -0.3 is 14.6 Å². The molecule has 0 aromatic heterocycles. The summed E-state index contributed by atoms with van der Waals surface area (Å²) in [6, 6.07) is 12.1. The van der Waals surface area contributed by atoms with Gasteiger partial charge in [0, 0.05) is 13.1 Å². The molecule has 1 saturated heterocycles. The lowest BCUT2D eigenvalue weighted by Gasteiger charge is -2.26. The van der Waals surface area contributed by atoms with Gasteiger partial charge in [-0.3, -0.25) is 0 Å². The molecule has 1 N–H and O–H groups in total. The molecule has 0 bridgehead atoms. The number of hydrogen-bond acceptors (Lipinski definition) is 6. The highest BCUT2D eigenvalue weighted by Gasteiger charge is 2.26. The van der Waals surface area contributed by atoms with Crippen molar-refractivity contribution in [1.29, 1.82) is 0 Å². The summed E-state index contributed by atoms with van der Waals surface area (Å²) in [5.74, 6) is -0.492. The second kappa shape index (κ2) is 7.86. The van der Waals surface area contributed by atoms with Crippen LogP contribution in [-0.2, 0) is 26.1 Å². The van der Waals surface area contributed by atoms with Crippen molar-refractivity contribution in [3.05, 3.63) is 59.7 Å². The monoisotopic (exact) mass is 377 g/mol. The topological polar surface area (TPSA) is 93.1 Å². The third-order valence-corrected chi connectivity index (χ3v) is 5.87. The molecule has 7 nitrogen and oxygen atoms in total. The number of aromatic hydroxyl groups is 1. The zero-order chi connectivity index (χ0) is 18.6. The maximum atomic E-state index is 12.7. The van der Waals surface area contributed by atoms with Gasteiger partial charge in [0.25, 0.3) is 0 Å². The number of rotatable bonds is 5. The van der Waals surface area contributed by atoms with Gasteiger partial charge in [0.15, 0.2) is 0 Å². The van der Waals surface area contributed by atoms with Crippen LogP contribution in [0, 0.1) is 0 Å². The van der Waals surface area contributed by atoms with Gasteiger partial charge in [0.1, 0.15) is 12.4 Å². The number of ether oxygens (including phenoxy) is 2. The van der Waals surface area contributed by atoms with Gasteiger partial charge in [0.05, 0.1) is 23.7 Å². The van der Waals surface area contributed by atoms with Crippen LogP contribution >= 0.6 is 0 Å². The molecule has 2 aromatic rings.